The van der Waals surface area contributed by atoms with Crippen LogP contribution < -0.4 is 22.1 Å². The molecule has 2 atom stereocenters. The molecule has 0 aliphatic carbocycles. The first-order valence-corrected chi connectivity index (χ1v) is 8.87. The quantitative estimate of drug-likeness (QED) is 0.496. The predicted octanol–water partition coefficient (Wildman–Crippen LogP) is 2.40. The molecule has 0 aliphatic rings. The van der Waals surface area contributed by atoms with Gasteiger partial charge in [0.15, 0.2) is 0 Å². The lowest BCUT2D eigenvalue weighted by atomic mass is 10.0. The zero-order valence-corrected chi connectivity index (χ0v) is 15.4. The van der Waals surface area contributed by atoms with Gasteiger partial charge in [0, 0.05) is 5.69 Å². The summed E-state index contributed by atoms with van der Waals surface area (Å²) < 4.78 is 18.6. The molecule has 6 N–H and O–H groups in total. The molecule has 1 aromatic carbocycles. The Hall–Kier alpha value is -2.52. The van der Waals surface area contributed by atoms with Crippen LogP contribution in [-0.4, -0.2) is 29.2 Å². The topological polar surface area (TPSA) is 123 Å². The van der Waals surface area contributed by atoms with E-state index in [0.717, 1.165) is 18.0 Å². The van der Waals surface area contributed by atoms with E-state index >= 15 is 0 Å². The summed E-state index contributed by atoms with van der Waals surface area (Å²) in [5.74, 6) is -1.53. The first-order valence-electron chi connectivity index (χ1n) is 8.09. The van der Waals surface area contributed by atoms with E-state index in [1.165, 1.54) is 11.5 Å². The summed E-state index contributed by atoms with van der Waals surface area (Å²) in [4.78, 5) is 23.0. The Kier molecular flexibility index (Phi) is 6.64. The van der Waals surface area contributed by atoms with Crippen molar-refractivity contribution in [1.29, 1.82) is 0 Å². The molecule has 7 nitrogen and oxygen atoms in total. The zero-order chi connectivity index (χ0) is 19.3. The lowest BCUT2D eigenvalue weighted by molar-refractivity contribution is -0.108. The summed E-state index contributed by atoms with van der Waals surface area (Å²) in [6.45, 7) is 4.19. The second kappa shape index (κ2) is 8.72. The highest BCUT2D eigenvalue weighted by molar-refractivity contribution is 7.10. The van der Waals surface area contributed by atoms with Gasteiger partial charge in [0.2, 0.25) is 0 Å². The van der Waals surface area contributed by atoms with Gasteiger partial charge in [-0.3, -0.25) is 4.79 Å². The predicted molar refractivity (Wildman–Crippen MR) is 101 cm³/mol. The van der Waals surface area contributed by atoms with Gasteiger partial charge in [-0.15, -0.1) is 0 Å². The SMILES string of the molecule is Cc1cc(Nc2cc(NC(C=O)CC(C)CN)cc(F)c2C(N)=O)sn1. The number of nitrogens with one attached hydrogen (secondary N) is 2. The third kappa shape index (κ3) is 4.99. The fourth-order valence-corrected chi connectivity index (χ4v) is 3.16. The third-order valence-corrected chi connectivity index (χ3v) is 4.59. The molecule has 0 saturated heterocycles. The second-order valence-corrected chi connectivity index (χ2v) is 6.97. The molecule has 0 saturated carbocycles. The molecular formula is C17H22FN5O2S. The van der Waals surface area contributed by atoms with Crippen molar-refractivity contribution in [3.8, 4) is 0 Å². The first kappa shape index (κ1) is 19.8. The van der Waals surface area contributed by atoms with Crippen LogP contribution in [0.5, 0.6) is 0 Å². The van der Waals surface area contributed by atoms with Crippen molar-refractivity contribution in [2.24, 2.45) is 17.4 Å². The average molecular weight is 379 g/mol. The number of carbonyl (C=O) groups excluding carboxylic acids is 2. The number of amides is 1. The Bertz CT molecular complexity index is 795. The molecular weight excluding hydrogens is 357 g/mol. The lowest BCUT2D eigenvalue weighted by Crippen LogP contribution is -2.27. The molecule has 140 valence electrons. The summed E-state index contributed by atoms with van der Waals surface area (Å²) in [6.07, 6.45) is 1.27. The van der Waals surface area contributed by atoms with Gasteiger partial charge in [0.1, 0.15) is 17.1 Å². The number of aromatic nitrogens is 1. The second-order valence-electron chi connectivity index (χ2n) is 6.17. The van der Waals surface area contributed by atoms with E-state index in [-0.39, 0.29) is 17.2 Å². The molecule has 1 heterocycles. The van der Waals surface area contributed by atoms with Crippen molar-refractivity contribution in [3.05, 3.63) is 35.3 Å². The van der Waals surface area contributed by atoms with Gasteiger partial charge in [-0.05, 0) is 55.5 Å². The Labute approximate surface area is 155 Å². The highest BCUT2D eigenvalue weighted by Gasteiger charge is 2.19. The average Bonchev–Trinajstić information content (AvgIpc) is 2.98. The van der Waals surface area contributed by atoms with Crippen molar-refractivity contribution in [2.75, 3.05) is 17.2 Å². The number of hydrogen-bond donors (Lipinski definition) is 4. The van der Waals surface area contributed by atoms with Crippen molar-refractivity contribution in [1.82, 2.24) is 4.37 Å². The minimum absolute atomic E-state index is 0.130. The van der Waals surface area contributed by atoms with E-state index in [2.05, 4.69) is 15.0 Å². The molecule has 2 unspecified atom stereocenters. The van der Waals surface area contributed by atoms with Gasteiger partial charge in [-0.2, -0.15) is 4.37 Å². The van der Waals surface area contributed by atoms with Crippen LogP contribution in [0.25, 0.3) is 0 Å². The standard InChI is InChI=1S/C17H22FN5O2S/c1-9(7-19)3-12(8-24)21-11-5-13(18)16(17(20)25)14(6-11)22-15-4-10(2)23-26-15/h4-6,8-9,12,21-22H,3,7,19H2,1-2H3,(H2,20,25). The number of primary amides is 1. The minimum Gasteiger partial charge on any atom is -0.375 e. The van der Waals surface area contributed by atoms with Crippen molar-refractivity contribution < 1.29 is 14.0 Å². The number of anilines is 3. The molecule has 2 rings (SSSR count). The number of aldehydes is 1. The number of benzene rings is 1. The number of nitrogens with zero attached hydrogens (tertiary/aromatic N) is 1. The van der Waals surface area contributed by atoms with E-state index in [9.17, 15) is 14.0 Å². The number of nitrogens with two attached hydrogens (primary N) is 2. The summed E-state index contributed by atoms with van der Waals surface area (Å²) >= 11 is 1.18. The van der Waals surface area contributed by atoms with Crippen LogP contribution in [0.4, 0.5) is 20.8 Å². The van der Waals surface area contributed by atoms with Gasteiger partial charge in [-0.1, -0.05) is 6.92 Å². The zero-order valence-electron chi connectivity index (χ0n) is 14.6. The molecule has 2 aromatic rings. The lowest BCUT2D eigenvalue weighted by Gasteiger charge is -2.19. The van der Waals surface area contributed by atoms with Gasteiger partial charge < -0.3 is 26.9 Å². The highest BCUT2D eigenvalue weighted by Crippen LogP contribution is 2.29. The summed E-state index contributed by atoms with van der Waals surface area (Å²) in [7, 11) is 0. The van der Waals surface area contributed by atoms with E-state index in [4.69, 9.17) is 11.5 Å². The molecule has 0 fully saturated rings. The van der Waals surface area contributed by atoms with Crippen LogP contribution in [0.1, 0.15) is 29.4 Å². The van der Waals surface area contributed by atoms with Crippen LogP contribution in [0.2, 0.25) is 0 Å². The number of rotatable bonds is 9. The normalized spacial score (nSPS) is 13.1. The van der Waals surface area contributed by atoms with Gasteiger partial charge >= 0.3 is 0 Å². The number of halogens is 1. The van der Waals surface area contributed by atoms with Gasteiger partial charge in [0.25, 0.3) is 5.91 Å². The van der Waals surface area contributed by atoms with Crippen LogP contribution in [0, 0.1) is 18.7 Å². The first-order chi connectivity index (χ1) is 12.3. The maximum absolute atomic E-state index is 14.5. The monoisotopic (exact) mass is 379 g/mol. The fraction of sp³-hybridized carbons (Fsp3) is 0.353. The van der Waals surface area contributed by atoms with E-state index in [1.54, 1.807) is 12.1 Å². The Morgan fingerprint density at radius 3 is 2.69 bits per heavy atom. The third-order valence-electron chi connectivity index (χ3n) is 3.80. The van der Waals surface area contributed by atoms with Crippen LogP contribution in [0.15, 0.2) is 18.2 Å². The highest BCUT2D eigenvalue weighted by atomic mass is 32.1. The molecule has 0 bridgehead atoms. The maximum Gasteiger partial charge on any atom is 0.253 e. The number of aryl methyl sites for hydroxylation is 1. The number of hydrogen-bond acceptors (Lipinski definition) is 7. The van der Waals surface area contributed by atoms with Gasteiger partial charge in [0.05, 0.1) is 23.0 Å². The maximum atomic E-state index is 14.5. The summed E-state index contributed by atoms with van der Waals surface area (Å²) in [5, 5.41) is 6.57. The molecule has 26 heavy (non-hydrogen) atoms. The van der Waals surface area contributed by atoms with Crippen LogP contribution in [-0.2, 0) is 4.79 Å². The molecule has 9 heteroatoms. The Morgan fingerprint density at radius 2 is 2.15 bits per heavy atom. The van der Waals surface area contributed by atoms with E-state index in [0.29, 0.717) is 23.7 Å². The smallest absolute Gasteiger partial charge is 0.253 e. The molecule has 0 spiro atoms. The largest absolute Gasteiger partial charge is 0.375 e. The Morgan fingerprint density at radius 1 is 1.42 bits per heavy atom. The van der Waals surface area contributed by atoms with E-state index in [1.807, 2.05) is 13.8 Å². The number of carbonyl (C=O) groups is 2. The van der Waals surface area contributed by atoms with Gasteiger partial charge in [-0.25, -0.2) is 4.39 Å². The summed E-state index contributed by atoms with van der Waals surface area (Å²) in [6, 6.07) is 3.94. The minimum atomic E-state index is -0.888. The molecule has 1 amide bonds. The van der Waals surface area contributed by atoms with Crippen molar-refractivity contribution in [3.63, 3.8) is 0 Å². The van der Waals surface area contributed by atoms with Crippen LogP contribution >= 0.6 is 11.5 Å². The van der Waals surface area contributed by atoms with Crippen molar-refractivity contribution >= 4 is 40.1 Å². The van der Waals surface area contributed by atoms with Crippen LogP contribution in [0.3, 0.4) is 0 Å². The summed E-state index contributed by atoms with van der Waals surface area (Å²) in [5.41, 5.74) is 12.0. The van der Waals surface area contributed by atoms with E-state index < -0.39 is 17.8 Å². The molecule has 1 aromatic heterocycles. The van der Waals surface area contributed by atoms with Crippen molar-refractivity contribution in [2.45, 2.75) is 26.3 Å². The Balaban J connectivity index is 2.33. The molecule has 0 aliphatic heterocycles. The molecule has 0 radical (unpaired) electrons. The fourth-order valence-electron chi connectivity index (χ4n) is 2.49.